The molecule has 0 saturated carbocycles. The summed E-state index contributed by atoms with van der Waals surface area (Å²) in [5.41, 5.74) is 3.88. The number of rotatable bonds is 5. The lowest BCUT2D eigenvalue weighted by Crippen LogP contribution is -2.05. The van der Waals surface area contributed by atoms with E-state index in [1.807, 2.05) is 24.4 Å². The van der Waals surface area contributed by atoms with Gasteiger partial charge >= 0.3 is 5.97 Å². The summed E-state index contributed by atoms with van der Waals surface area (Å²) in [5.74, 6) is -0.290. The molecule has 20 heavy (non-hydrogen) atoms. The molecule has 4 nitrogen and oxygen atoms in total. The fourth-order valence-electron chi connectivity index (χ4n) is 1.82. The molecule has 1 aromatic heterocycles. The van der Waals surface area contributed by atoms with Crippen LogP contribution in [0.2, 0.25) is 0 Å². The highest BCUT2D eigenvalue weighted by Crippen LogP contribution is 2.13. The second-order valence-corrected chi connectivity index (χ2v) is 4.45. The summed E-state index contributed by atoms with van der Waals surface area (Å²) in [6.45, 7) is 4.95. The number of benzene rings is 1. The minimum Gasteiger partial charge on any atom is -0.462 e. The van der Waals surface area contributed by atoms with E-state index in [0.29, 0.717) is 18.7 Å². The van der Waals surface area contributed by atoms with E-state index in [-0.39, 0.29) is 5.97 Å². The standard InChI is InChI=1S/C16H18N2O2/c1-3-20-16(19)13-4-6-15(7-5-13)18-11-14-10-17-9-8-12(14)2/h4-10,18H,3,11H2,1-2H3. The van der Waals surface area contributed by atoms with Crippen molar-refractivity contribution in [1.82, 2.24) is 4.98 Å². The number of nitrogens with one attached hydrogen (secondary N) is 1. The van der Waals surface area contributed by atoms with Crippen molar-refractivity contribution in [2.45, 2.75) is 20.4 Å². The molecule has 4 heteroatoms. The highest BCUT2D eigenvalue weighted by molar-refractivity contribution is 5.89. The molecule has 0 spiro atoms. The monoisotopic (exact) mass is 270 g/mol. The van der Waals surface area contributed by atoms with Gasteiger partial charge in [-0.15, -0.1) is 0 Å². The normalized spacial score (nSPS) is 10.1. The number of carbonyl (C=O) groups excluding carboxylic acids is 1. The van der Waals surface area contributed by atoms with Gasteiger partial charge in [0, 0.05) is 24.6 Å². The number of hydrogen-bond acceptors (Lipinski definition) is 4. The Hall–Kier alpha value is -2.36. The first kappa shape index (κ1) is 14.1. The van der Waals surface area contributed by atoms with Gasteiger partial charge in [-0.05, 0) is 55.3 Å². The molecule has 2 aromatic rings. The minimum atomic E-state index is -0.290. The molecule has 0 aliphatic rings. The van der Waals surface area contributed by atoms with E-state index in [0.717, 1.165) is 11.3 Å². The number of anilines is 1. The van der Waals surface area contributed by atoms with Crippen molar-refractivity contribution < 1.29 is 9.53 Å². The van der Waals surface area contributed by atoms with Gasteiger partial charge < -0.3 is 10.1 Å². The summed E-state index contributed by atoms with van der Waals surface area (Å²) in [4.78, 5) is 15.6. The average molecular weight is 270 g/mol. The third-order valence-corrected chi connectivity index (χ3v) is 3.03. The number of pyridine rings is 1. The predicted octanol–water partition coefficient (Wildman–Crippen LogP) is 3.18. The van der Waals surface area contributed by atoms with E-state index in [4.69, 9.17) is 4.74 Å². The lowest BCUT2D eigenvalue weighted by atomic mass is 10.1. The van der Waals surface area contributed by atoms with Crippen LogP contribution in [0.25, 0.3) is 0 Å². The second kappa shape index (κ2) is 6.70. The Kier molecular flexibility index (Phi) is 4.71. The van der Waals surface area contributed by atoms with Crippen molar-refractivity contribution in [3.63, 3.8) is 0 Å². The van der Waals surface area contributed by atoms with Crippen molar-refractivity contribution >= 4 is 11.7 Å². The van der Waals surface area contributed by atoms with Crippen molar-refractivity contribution in [3.8, 4) is 0 Å². The molecular weight excluding hydrogens is 252 g/mol. The third-order valence-electron chi connectivity index (χ3n) is 3.03. The number of ether oxygens (including phenoxy) is 1. The van der Waals surface area contributed by atoms with E-state index in [9.17, 15) is 4.79 Å². The van der Waals surface area contributed by atoms with Crippen LogP contribution in [0.15, 0.2) is 42.7 Å². The van der Waals surface area contributed by atoms with Crippen LogP contribution < -0.4 is 5.32 Å². The van der Waals surface area contributed by atoms with Gasteiger partial charge in [-0.2, -0.15) is 0 Å². The van der Waals surface area contributed by atoms with Crippen molar-refractivity contribution in [3.05, 3.63) is 59.4 Å². The van der Waals surface area contributed by atoms with Gasteiger partial charge in [0.25, 0.3) is 0 Å². The minimum absolute atomic E-state index is 0.290. The Balaban J connectivity index is 1.98. The van der Waals surface area contributed by atoms with Crippen molar-refractivity contribution in [1.29, 1.82) is 0 Å². The maximum atomic E-state index is 11.5. The summed E-state index contributed by atoms with van der Waals surface area (Å²) in [6, 6.07) is 9.25. The zero-order chi connectivity index (χ0) is 14.4. The molecule has 1 N–H and O–H groups in total. The quantitative estimate of drug-likeness (QED) is 0.848. The predicted molar refractivity (Wildman–Crippen MR) is 78.7 cm³/mol. The molecule has 0 aliphatic carbocycles. The maximum Gasteiger partial charge on any atom is 0.338 e. The largest absolute Gasteiger partial charge is 0.462 e. The third kappa shape index (κ3) is 3.57. The van der Waals surface area contributed by atoms with E-state index in [1.165, 1.54) is 5.56 Å². The molecule has 0 fully saturated rings. The zero-order valence-electron chi connectivity index (χ0n) is 11.7. The second-order valence-electron chi connectivity index (χ2n) is 4.45. The molecule has 1 heterocycles. The molecule has 0 unspecified atom stereocenters. The summed E-state index contributed by atoms with van der Waals surface area (Å²) in [6.07, 6.45) is 3.64. The summed E-state index contributed by atoms with van der Waals surface area (Å²) < 4.78 is 4.95. The van der Waals surface area contributed by atoms with Crippen LogP contribution in [0.1, 0.15) is 28.4 Å². The SMILES string of the molecule is CCOC(=O)c1ccc(NCc2cnccc2C)cc1. The fraction of sp³-hybridized carbons (Fsp3) is 0.250. The highest BCUT2D eigenvalue weighted by atomic mass is 16.5. The van der Waals surface area contributed by atoms with Gasteiger partial charge in [0.2, 0.25) is 0 Å². The first-order chi connectivity index (χ1) is 9.70. The van der Waals surface area contributed by atoms with Crippen LogP contribution in [-0.2, 0) is 11.3 Å². The summed E-state index contributed by atoms with van der Waals surface area (Å²) >= 11 is 0. The topological polar surface area (TPSA) is 51.2 Å². The first-order valence-corrected chi connectivity index (χ1v) is 6.61. The van der Waals surface area contributed by atoms with Crippen molar-refractivity contribution in [2.24, 2.45) is 0 Å². The number of aryl methyl sites for hydroxylation is 1. The van der Waals surface area contributed by atoms with Gasteiger partial charge in [0.15, 0.2) is 0 Å². The number of nitrogens with zero attached hydrogens (tertiary/aromatic N) is 1. The number of esters is 1. The Morgan fingerprint density at radius 2 is 2.00 bits per heavy atom. The molecule has 104 valence electrons. The van der Waals surface area contributed by atoms with E-state index < -0.39 is 0 Å². The Bertz CT molecular complexity index is 579. The molecule has 0 atom stereocenters. The summed E-state index contributed by atoms with van der Waals surface area (Å²) in [7, 11) is 0. The fourth-order valence-corrected chi connectivity index (χ4v) is 1.82. The van der Waals surface area contributed by atoms with Crippen LogP contribution in [0.4, 0.5) is 5.69 Å². The number of aromatic nitrogens is 1. The van der Waals surface area contributed by atoms with Crippen LogP contribution in [0.5, 0.6) is 0 Å². The van der Waals surface area contributed by atoms with Gasteiger partial charge in [-0.1, -0.05) is 0 Å². The molecule has 0 saturated heterocycles. The zero-order valence-corrected chi connectivity index (χ0v) is 11.7. The highest BCUT2D eigenvalue weighted by Gasteiger charge is 2.05. The van der Waals surface area contributed by atoms with E-state index in [2.05, 4.69) is 17.2 Å². The molecule has 0 aliphatic heterocycles. The number of hydrogen-bond donors (Lipinski definition) is 1. The Morgan fingerprint density at radius 3 is 2.65 bits per heavy atom. The van der Waals surface area contributed by atoms with Crippen LogP contribution in [0, 0.1) is 6.92 Å². The molecule has 2 rings (SSSR count). The van der Waals surface area contributed by atoms with Gasteiger partial charge in [-0.25, -0.2) is 4.79 Å². The first-order valence-electron chi connectivity index (χ1n) is 6.61. The van der Waals surface area contributed by atoms with Gasteiger partial charge in [0.1, 0.15) is 0 Å². The average Bonchev–Trinajstić information content (AvgIpc) is 2.47. The lowest BCUT2D eigenvalue weighted by molar-refractivity contribution is 0.0526. The van der Waals surface area contributed by atoms with Gasteiger partial charge in [-0.3, -0.25) is 4.98 Å². The smallest absolute Gasteiger partial charge is 0.338 e. The number of carbonyl (C=O) groups is 1. The van der Waals surface area contributed by atoms with Crippen molar-refractivity contribution in [2.75, 3.05) is 11.9 Å². The lowest BCUT2D eigenvalue weighted by Gasteiger charge is -2.09. The molecule has 1 aromatic carbocycles. The Morgan fingerprint density at radius 1 is 1.25 bits per heavy atom. The van der Waals surface area contributed by atoms with Crippen LogP contribution in [0.3, 0.4) is 0 Å². The molecule has 0 bridgehead atoms. The van der Waals surface area contributed by atoms with E-state index >= 15 is 0 Å². The molecule has 0 amide bonds. The van der Waals surface area contributed by atoms with E-state index in [1.54, 1.807) is 25.3 Å². The maximum absolute atomic E-state index is 11.5. The summed E-state index contributed by atoms with van der Waals surface area (Å²) in [5, 5.41) is 3.31. The van der Waals surface area contributed by atoms with Crippen LogP contribution >= 0.6 is 0 Å². The molecule has 0 radical (unpaired) electrons. The van der Waals surface area contributed by atoms with Gasteiger partial charge in [0.05, 0.1) is 12.2 Å². The Labute approximate surface area is 118 Å². The molecular formula is C16H18N2O2. The van der Waals surface area contributed by atoms with Crippen LogP contribution in [-0.4, -0.2) is 17.6 Å².